The average Bonchev–Trinajstić information content (AvgIpc) is 3.83. The maximum absolute atomic E-state index is 5.32. The smallest absolute Gasteiger partial charge is 0.0939 e. The van der Waals surface area contributed by atoms with Crippen LogP contribution in [0.25, 0.3) is 66.4 Å². The summed E-state index contributed by atoms with van der Waals surface area (Å²) >= 11 is 1.86. The zero-order chi connectivity index (χ0) is 34.0. The monoisotopic (exact) mass is 680 g/mol. The fourth-order valence-corrected chi connectivity index (χ4v) is 10.4. The molecule has 0 saturated carbocycles. The van der Waals surface area contributed by atoms with E-state index < -0.39 is 5.41 Å². The Labute approximate surface area is 303 Å². The largest absolute Gasteiger partial charge is 0.309 e. The number of benzene rings is 6. The summed E-state index contributed by atoms with van der Waals surface area (Å²) in [5.74, 6) is 0. The molecule has 1 unspecified atom stereocenters. The van der Waals surface area contributed by atoms with E-state index >= 15 is 0 Å². The van der Waals surface area contributed by atoms with E-state index in [1.807, 2.05) is 24.2 Å². The van der Waals surface area contributed by atoms with Crippen molar-refractivity contribution in [1.29, 1.82) is 0 Å². The summed E-state index contributed by atoms with van der Waals surface area (Å²) in [4.78, 5) is 12.9. The normalized spacial score (nSPS) is 15.7. The van der Waals surface area contributed by atoms with Gasteiger partial charge in [-0.2, -0.15) is 0 Å². The zero-order valence-electron chi connectivity index (χ0n) is 27.9. The fraction of sp³-hybridized carbons (Fsp3) is 0.0213. The maximum atomic E-state index is 5.32. The second-order valence-corrected chi connectivity index (χ2v) is 14.8. The van der Waals surface area contributed by atoms with Crippen LogP contribution in [-0.4, -0.2) is 19.1 Å². The Balaban J connectivity index is 1.20. The lowest BCUT2D eigenvalue weighted by Crippen LogP contribution is -2.32. The van der Waals surface area contributed by atoms with Crippen LogP contribution in [0.15, 0.2) is 180 Å². The van der Waals surface area contributed by atoms with Gasteiger partial charge in [-0.15, -0.1) is 0 Å². The minimum absolute atomic E-state index is 0.632. The molecule has 1 spiro atoms. The van der Waals surface area contributed by atoms with Crippen LogP contribution < -0.4 is 0 Å². The predicted molar refractivity (Wildman–Crippen MR) is 212 cm³/mol. The number of rotatable bonds is 2. The first-order chi connectivity index (χ1) is 25.8. The van der Waals surface area contributed by atoms with E-state index in [1.165, 1.54) is 70.1 Å². The molecule has 5 heteroatoms. The first-order valence-corrected chi connectivity index (χ1v) is 18.5. The van der Waals surface area contributed by atoms with Crippen LogP contribution >= 0.6 is 11.8 Å². The minimum Gasteiger partial charge on any atom is -0.309 e. The van der Waals surface area contributed by atoms with Gasteiger partial charge in [0.2, 0.25) is 0 Å². The zero-order valence-corrected chi connectivity index (χ0v) is 28.7. The van der Waals surface area contributed by atoms with Crippen LogP contribution in [0, 0.1) is 0 Å². The summed E-state index contributed by atoms with van der Waals surface area (Å²) in [6.07, 6.45) is 3.94. The second kappa shape index (κ2) is 10.3. The molecule has 5 heterocycles. The molecule has 4 nitrogen and oxygen atoms in total. The molecule has 0 radical (unpaired) electrons. The molecule has 0 amide bonds. The van der Waals surface area contributed by atoms with Crippen LogP contribution in [0.5, 0.6) is 0 Å². The number of hydrogen-bond donors (Lipinski definition) is 0. The fourth-order valence-electron chi connectivity index (χ4n) is 9.24. The third-order valence-corrected chi connectivity index (χ3v) is 12.4. The average molecular weight is 681 g/mol. The third-order valence-electron chi connectivity index (χ3n) is 11.3. The Morgan fingerprint density at radius 2 is 0.904 bits per heavy atom. The number of pyridine rings is 2. The van der Waals surface area contributed by atoms with Gasteiger partial charge in [-0.1, -0.05) is 109 Å². The first kappa shape index (κ1) is 28.3. The van der Waals surface area contributed by atoms with Gasteiger partial charge >= 0.3 is 0 Å². The summed E-state index contributed by atoms with van der Waals surface area (Å²) in [5, 5.41) is 4.98. The van der Waals surface area contributed by atoms with Crippen molar-refractivity contribution in [3.8, 4) is 22.8 Å². The number of nitrogens with zero attached hydrogens (tertiary/aromatic N) is 4. The van der Waals surface area contributed by atoms with Crippen molar-refractivity contribution < 1.29 is 0 Å². The highest BCUT2D eigenvalue weighted by Gasteiger charge is 2.52. The minimum atomic E-state index is -0.632. The highest BCUT2D eigenvalue weighted by molar-refractivity contribution is 7.99. The van der Waals surface area contributed by atoms with Gasteiger partial charge in [-0.3, -0.25) is 9.97 Å². The predicted octanol–water partition coefficient (Wildman–Crippen LogP) is 11.5. The van der Waals surface area contributed by atoms with E-state index in [1.54, 1.807) is 0 Å². The topological polar surface area (TPSA) is 35.6 Å². The van der Waals surface area contributed by atoms with Crippen molar-refractivity contribution in [3.63, 3.8) is 0 Å². The van der Waals surface area contributed by atoms with E-state index in [0.717, 1.165) is 28.3 Å². The molecule has 4 aromatic heterocycles. The lowest BCUT2D eigenvalue weighted by molar-refractivity contribution is 0.717. The quantitative estimate of drug-likeness (QED) is 0.182. The number of para-hydroxylation sites is 4. The van der Waals surface area contributed by atoms with E-state index in [-0.39, 0.29) is 0 Å². The van der Waals surface area contributed by atoms with Crippen LogP contribution in [0.3, 0.4) is 0 Å². The Hall–Kier alpha value is -6.43. The van der Waals surface area contributed by atoms with E-state index in [4.69, 9.17) is 9.97 Å². The van der Waals surface area contributed by atoms with Crippen LogP contribution in [-0.2, 0) is 5.41 Å². The van der Waals surface area contributed by atoms with Crippen molar-refractivity contribution in [3.05, 3.63) is 192 Å². The molecule has 2 aliphatic rings. The SMILES string of the molecule is c1ccc2c(c1)Sc1ccc(-n3c4ccccc4c4ccccc43)cc1C21c2cccnc2-c2ncc(-n3c4ccccc4c4ccccc43)cc21. The van der Waals surface area contributed by atoms with Crippen molar-refractivity contribution >= 4 is 55.4 Å². The molecular weight excluding hydrogens is 653 g/mol. The number of aromatic nitrogens is 4. The first-order valence-electron chi connectivity index (χ1n) is 17.7. The van der Waals surface area contributed by atoms with Gasteiger partial charge in [-0.05, 0) is 77.4 Å². The van der Waals surface area contributed by atoms with Crippen molar-refractivity contribution in [1.82, 2.24) is 19.1 Å². The van der Waals surface area contributed by atoms with Gasteiger partial charge in [0, 0.05) is 48.8 Å². The van der Waals surface area contributed by atoms with Crippen molar-refractivity contribution in [2.75, 3.05) is 0 Å². The van der Waals surface area contributed by atoms with Gasteiger partial charge in [0.25, 0.3) is 0 Å². The Kier molecular flexibility index (Phi) is 5.61. The maximum Gasteiger partial charge on any atom is 0.0939 e. The summed E-state index contributed by atoms with van der Waals surface area (Å²) in [6.45, 7) is 0. The third kappa shape index (κ3) is 3.53. The number of fused-ring (bicyclic) bond motifs is 15. The summed E-state index contributed by atoms with van der Waals surface area (Å²) in [5.41, 5.74) is 13.0. The second-order valence-electron chi connectivity index (χ2n) is 13.8. The molecular formula is C47H28N4S. The molecule has 1 aliphatic carbocycles. The highest BCUT2D eigenvalue weighted by atomic mass is 32.2. The van der Waals surface area contributed by atoms with Crippen LogP contribution in [0.1, 0.15) is 22.3 Å². The van der Waals surface area contributed by atoms with Crippen molar-refractivity contribution in [2.24, 2.45) is 0 Å². The van der Waals surface area contributed by atoms with E-state index in [2.05, 4.69) is 167 Å². The van der Waals surface area contributed by atoms with Gasteiger partial charge in [-0.25, -0.2) is 0 Å². The Bertz CT molecular complexity index is 3030. The summed E-state index contributed by atoms with van der Waals surface area (Å²) < 4.78 is 4.80. The van der Waals surface area contributed by atoms with Crippen LogP contribution in [0.4, 0.5) is 0 Å². The lowest BCUT2D eigenvalue weighted by atomic mass is 9.67. The molecule has 0 fully saturated rings. The molecule has 1 aliphatic heterocycles. The molecule has 0 N–H and O–H groups in total. The molecule has 242 valence electrons. The molecule has 6 aromatic carbocycles. The molecule has 10 aromatic rings. The molecule has 52 heavy (non-hydrogen) atoms. The van der Waals surface area contributed by atoms with Crippen molar-refractivity contribution in [2.45, 2.75) is 15.2 Å². The van der Waals surface area contributed by atoms with Crippen LogP contribution in [0.2, 0.25) is 0 Å². The van der Waals surface area contributed by atoms with E-state index in [0.29, 0.717) is 0 Å². The molecule has 1 atom stereocenters. The summed E-state index contributed by atoms with van der Waals surface area (Å²) in [6, 6.07) is 57.6. The van der Waals surface area contributed by atoms with Gasteiger partial charge in [0.05, 0.1) is 50.8 Å². The molecule has 0 bridgehead atoms. The van der Waals surface area contributed by atoms with E-state index in [9.17, 15) is 0 Å². The standard InChI is InChI=1S/C47H28N4S/c1-6-18-39-31(12-1)32-13-2-7-19-40(32)50(39)29-23-24-44-37(26-29)47(35-16-5-10-22-43(35)52-44)36-17-11-25-48-45(36)46-38(47)27-30(28-49-46)51-41-20-8-3-14-33(41)34-15-4-9-21-42(34)51/h1-28H. The van der Waals surface area contributed by atoms with Gasteiger partial charge in [0.15, 0.2) is 0 Å². The summed E-state index contributed by atoms with van der Waals surface area (Å²) in [7, 11) is 0. The Morgan fingerprint density at radius 1 is 0.404 bits per heavy atom. The molecule has 0 saturated heterocycles. The number of hydrogen-bond acceptors (Lipinski definition) is 3. The lowest BCUT2D eigenvalue weighted by Gasteiger charge is -2.39. The Morgan fingerprint density at radius 3 is 1.56 bits per heavy atom. The molecule has 12 rings (SSSR count). The van der Waals surface area contributed by atoms with Gasteiger partial charge in [0.1, 0.15) is 0 Å². The highest BCUT2D eigenvalue weighted by Crippen LogP contribution is 2.62. The van der Waals surface area contributed by atoms with Gasteiger partial charge < -0.3 is 9.13 Å².